The maximum absolute atomic E-state index is 12.0. The molecule has 0 bridgehead atoms. The Hall–Kier alpha value is -2.53. The first-order chi connectivity index (χ1) is 11.1. The average Bonchev–Trinajstić information content (AvgIpc) is 2.58. The summed E-state index contributed by atoms with van der Waals surface area (Å²) in [5.74, 6) is -1.08. The van der Waals surface area contributed by atoms with Crippen molar-refractivity contribution in [2.75, 3.05) is 14.2 Å². The molecule has 2 aromatic carbocycles. The number of rotatable bonds is 5. The van der Waals surface area contributed by atoms with Crippen molar-refractivity contribution in [3.63, 3.8) is 0 Å². The Morgan fingerprint density at radius 1 is 1.00 bits per heavy atom. The number of ether oxygens (including phenoxy) is 3. The number of carbonyl (C=O) groups excluding carboxylic acids is 2. The fourth-order valence-corrected chi connectivity index (χ4v) is 2.24. The molecule has 0 spiro atoms. The molecule has 0 unspecified atom stereocenters. The van der Waals surface area contributed by atoms with Crippen LogP contribution in [0.25, 0.3) is 0 Å². The van der Waals surface area contributed by atoms with Gasteiger partial charge in [0.15, 0.2) is 0 Å². The second-order valence-electron chi connectivity index (χ2n) is 4.58. The molecule has 6 heteroatoms. The average molecular weight is 335 g/mol. The molecule has 0 heterocycles. The summed E-state index contributed by atoms with van der Waals surface area (Å²) in [6.07, 6.45) is 0. The number of hydrogen-bond donors (Lipinski definition) is 0. The zero-order chi connectivity index (χ0) is 16.8. The highest BCUT2D eigenvalue weighted by Gasteiger charge is 2.23. The molecule has 0 aromatic heterocycles. The summed E-state index contributed by atoms with van der Waals surface area (Å²) in [6, 6.07) is 11.8. The van der Waals surface area contributed by atoms with Crippen LogP contribution in [0.4, 0.5) is 0 Å². The van der Waals surface area contributed by atoms with Crippen molar-refractivity contribution in [1.29, 1.82) is 0 Å². The minimum absolute atomic E-state index is 0.0314. The largest absolute Gasteiger partial charge is 0.488 e. The maximum Gasteiger partial charge on any atom is 0.342 e. The lowest BCUT2D eigenvalue weighted by atomic mass is 10.1. The lowest BCUT2D eigenvalue weighted by Gasteiger charge is -2.13. The Bertz CT molecular complexity index is 727. The Kier molecular flexibility index (Phi) is 5.60. The second kappa shape index (κ2) is 7.65. The molecule has 2 aromatic rings. The summed E-state index contributed by atoms with van der Waals surface area (Å²) < 4.78 is 15.1. The number of esters is 2. The lowest BCUT2D eigenvalue weighted by Crippen LogP contribution is -2.14. The van der Waals surface area contributed by atoms with Crippen LogP contribution in [0.15, 0.2) is 42.5 Å². The molecular formula is C17H15ClO5. The van der Waals surface area contributed by atoms with Gasteiger partial charge >= 0.3 is 11.9 Å². The van der Waals surface area contributed by atoms with Crippen molar-refractivity contribution in [3.8, 4) is 5.75 Å². The number of carbonyl (C=O) groups is 2. The van der Waals surface area contributed by atoms with Crippen molar-refractivity contribution < 1.29 is 23.8 Å². The molecule has 0 amide bonds. The molecule has 120 valence electrons. The van der Waals surface area contributed by atoms with Gasteiger partial charge in [-0.1, -0.05) is 29.8 Å². The third-order valence-corrected chi connectivity index (χ3v) is 3.34. The third-order valence-electron chi connectivity index (χ3n) is 3.10. The molecule has 0 aliphatic rings. The van der Waals surface area contributed by atoms with Gasteiger partial charge in [0.05, 0.1) is 19.8 Å². The smallest absolute Gasteiger partial charge is 0.342 e. The standard InChI is InChI=1S/C17H15ClO5/c1-21-16(19)13-7-4-8-14(15(13)17(20)22-2)23-10-11-5-3-6-12(18)9-11/h3-9H,10H2,1-2H3. The molecule has 0 N–H and O–H groups in total. The number of halogens is 1. The molecular weight excluding hydrogens is 320 g/mol. The highest BCUT2D eigenvalue weighted by atomic mass is 35.5. The van der Waals surface area contributed by atoms with Crippen LogP contribution < -0.4 is 4.74 Å². The predicted molar refractivity (Wildman–Crippen MR) is 84.9 cm³/mol. The van der Waals surface area contributed by atoms with Crippen LogP contribution in [0.1, 0.15) is 26.3 Å². The minimum atomic E-state index is -0.674. The first-order valence-electron chi connectivity index (χ1n) is 6.73. The quantitative estimate of drug-likeness (QED) is 0.783. The fraction of sp³-hybridized carbons (Fsp3) is 0.176. The molecule has 0 fully saturated rings. The Balaban J connectivity index is 2.33. The topological polar surface area (TPSA) is 61.8 Å². The summed E-state index contributed by atoms with van der Waals surface area (Å²) >= 11 is 5.93. The van der Waals surface area contributed by atoms with Crippen molar-refractivity contribution in [2.45, 2.75) is 6.61 Å². The van der Waals surface area contributed by atoms with E-state index < -0.39 is 11.9 Å². The van der Waals surface area contributed by atoms with Crippen LogP contribution in [-0.2, 0) is 16.1 Å². The van der Waals surface area contributed by atoms with E-state index in [-0.39, 0.29) is 23.5 Å². The van der Waals surface area contributed by atoms with Crippen LogP contribution in [0.2, 0.25) is 5.02 Å². The Labute approximate surface area is 138 Å². The molecule has 0 saturated heterocycles. The number of benzene rings is 2. The van der Waals surface area contributed by atoms with E-state index in [4.69, 9.17) is 21.1 Å². The molecule has 23 heavy (non-hydrogen) atoms. The van der Waals surface area contributed by atoms with E-state index in [1.807, 2.05) is 6.07 Å². The van der Waals surface area contributed by atoms with Gasteiger partial charge in [-0.2, -0.15) is 0 Å². The second-order valence-corrected chi connectivity index (χ2v) is 5.02. The highest BCUT2D eigenvalue weighted by molar-refractivity contribution is 6.30. The van der Waals surface area contributed by atoms with Gasteiger partial charge in [-0.25, -0.2) is 9.59 Å². The molecule has 0 saturated carbocycles. The summed E-state index contributed by atoms with van der Waals surface area (Å²) in [6.45, 7) is 0.190. The van der Waals surface area contributed by atoms with E-state index >= 15 is 0 Å². The molecule has 2 rings (SSSR count). The van der Waals surface area contributed by atoms with Crippen molar-refractivity contribution in [1.82, 2.24) is 0 Å². The van der Waals surface area contributed by atoms with Crippen molar-refractivity contribution in [2.24, 2.45) is 0 Å². The maximum atomic E-state index is 12.0. The van der Waals surface area contributed by atoms with E-state index in [1.165, 1.54) is 20.3 Å². The van der Waals surface area contributed by atoms with Gasteiger partial charge < -0.3 is 14.2 Å². The molecule has 0 aliphatic carbocycles. The molecule has 0 aliphatic heterocycles. The summed E-state index contributed by atoms with van der Waals surface area (Å²) in [4.78, 5) is 23.8. The Morgan fingerprint density at radius 2 is 1.70 bits per heavy atom. The summed E-state index contributed by atoms with van der Waals surface area (Å²) in [5, 5.41) is 0.586. The van der Waals surface area contributed by atoms with E-state index in [0.29, 0.717) is 5.02 Å². The van der Waals surface area contributed by atoms with E-state index in [2.05, 4.69) is 4.74 Å². The first-order valence-corrected chi connectivity index (χ1v) is 7.11. The van der Waals surface area contributed by atoms with Gasteiger partial charge in [0.2, 0.25) is 0 Å². The van der Waals surface area contributed by atoms with Gasteiger partial charge in [-0.05, 0) is 29.8 Å². The van der Waals surface area contributed by atoms with E-state index in [9.17, 15) is 9.59 Å². The third kappa shape index (κ3) is 4.02. The van der Waals surface area contributed by atoms with Gasteiger partial charge in [-0.3, -0.25) is 0 Å². The zero-order valence-corrected chi connectivity index (χ0v) is 13.4. The predicted octanol–water partition coefficient (Wildman–Crippen LogP) is 3.49. The van der Waals surface area contributed by atoms with Crippen molar-refractivity contribution >= 4 is 23.5 Å². The van der Waals surface area contributed by atoms with Crippen LogP contribution in [-0.4, -0.2) is 26.2 Å². The molecule has 5 nitrogen and oxygen atoms in total. The highest BCUT2D eigenvalue weighted by Crippen LogP contribution is 2.25. The lowest BCUT2D eigenvalue weighted by molar-refractivity contribution is 0.0550. The molecule has 0 atom stereocenters. The number of methoxy groups -OCH3 is 2. The normalized spacial score (nSPS) is 10.0. The summed E-state index contributed by atoms with van der Waals surface area (Å²) in [7, 11) is 2.47. The first kappa shape index (κ1) is 16.8. The summed E-state index contributed by atoms with van der Waals surface area (Å²) in [5.41, 5.74) is 0.948. The van der Waals surface area contributed by atoms with Gasteiger partial charge in [0, 0.05) is 5.02 Å². The van der Waals surface area contributed by atoms with E-state index in [0.717, 1.165) is 5.56 Å². The van der Waals surface area contributed by atoms with Gasteiger partial charge in [0.1, 0.15) is 17.9 Å². The van der Waals surface area contributed by atoms with Crippen LogP contribution in [0.3, 0.4) is 0 Å². The Morgan fingerprint density at radius 3 is 2.35 bits per heavy atom. The van der Waals surface area contributed by atoms with Crippen molar-refractivity contribution in [3.05, 3.63) is 64.2 Å². The van der Waals surface area contributed by atoms with Gasteiger partial charge in [-0.15, -0.1) is 0 Å². The monoisotopic (exact) mass is 334 g/mol. The minimum Gasteiger partial charge on any atom is -0.488 e. The SMILES string of the molecule is COC(=O)c1cccc(OCc2cccc(Cl)c2)c1C(=O)OC. The van der Waals surface area contributed by atoms with Crippen LogP contribution >= 0.6 is 11.6 Å². The number of hydrogen-bond acceptors (Lipinski definition) is 5. The zero-order valence-electron chi connectivity index (χ0n) is 12.7. The molecule has 0 radical (unpaired) electrons. The van der Waals surface area contributed by atoms with E-state index in [1.54, 1.807) is 30.3 Å². The van der Waals surface area contributed by atoms with Crippen LogP contribution in [0, 0.1) is 0 Å². The fourth-order valence-electron chi connectivity index (χ4n) is 2.03. The van der Waals surface area contributed by atoms with Crippen LogP contribution in [0.5, 0.6) is 5.75 Å². The van der Waals surface area contributed by atoms with Gasteiger partial charge in [0.25, 0.3) is 0 Å².